The van der Waals surface area contributed by atoms with Crippen LogP contribution in [0.3, 0.4) is 0 Å². The van der Waals surface area contributed by atoms with Crippen molar-refractivity contribution in [1.82, 2.24) is 9.88 Å². The molecule has 4 heteroatoms. The van der Waals surface area contributed by atoms with Gasteiger partial charge < -0.3 is 10.6 Å². The Morgan fingerprint density at radius 3 is 3.00 bits per heavy atom. The molecule has 0 spiro atoms. The van der Waals surface area contributed by atoms with E-state index in [0.717, 1.165) is 35.9 Å². The fourth-order valence-corrected chi connectivity index (χ4v) is 3.84. The van der Waals surface area contributed by atoms with Crippen LogP contribution in [0.4, 0.5) is 11.4 Å². The summed E-state index contributed by atoms with van der Waals surface area (Å²) in [4.78, 5) is 9.58. The first-order valence-corrected chi connectivity index (χ1v) is 7.86. The van der Waals surface area contributed by atoms with Gasteiger partial charge in [0.15, 0.2) is 0 Å². The minimum Gasteiger partial charge on any atom is -0.398 e. The lowest BCUT2D eigenvalue weighted by Crippen LogP contribution is -2.50. The van der Waals surface area contributed by atoms with Gasteiger partial charge in [-0.3, -0.25) is 9.88 Å². The fourth-order valence-electron chi connectivity index (χ4n) is 3.84. The lowest BCUT2D eigenvalue weighted by Gasteiger charge is -2.39. The molecule has 110 valence electrons. The molecular formula is C17H22N4. The Morgan fingerprint density at radius 2 is 2.10 bits per heavy atom. The SMILES string of the molecule is Cc1cc2c(N3CCN4CCCC4C3)ccc(N)c2cn1. The summed E-state index contributed by atoms with van der Waals surface area (Å²) in [7, 11) is 0. The number of fused-ring (bicyclic) bond motifs is 2. The van der Waals surface area contributed by atoms with Crippen LogP contribution in [0.25, 0.3) is 10.8 Å². The zero-order chi connectivity index (χ0) is 14.4. The zero-order valence-electron chi connectivity index (χ0n) is 12.5. The quantitative estimate of drug-likeness (QED) is 0.816. The van der Waals surface area contributed by atoms with Crippen molar-refractivity contribution in [1.29, 1.82) is 0 Å². The number of nitrogen functional groups attached to an aromatic ring is 1. The number of hydrogen-bond acceptors (Lipinski definition) is 4. The van der Waals surface area contributed by atoms with E-state index in [2.05, 4.69) is 26.9 Å². The summed E-state index contributed by atoms with van der Waals surface area (Å²) in [6.07, 6.45) is 4.60. The van der Waals surface area contributed by atoms with Gasteiger partial charge in [-0.15, -0.1) is 0 Å². The summed E-state index contributed by atoms with van der Waals surface area (Å²) in [6, 6.07) is 7.11. The lowest BCUT2D eigenvalue weighted by molar-refractivity contribution is 0.231. The minimum absolute atomic E-state index is 0.731. The highest BCUT2D eigenvalue weighted by Gasteiger charge is 2.31. The van der Waals surface area contributed by atoms with Crippen LogP contribution in [0.1, 0.15) is 18.5 Å². The number of anilines is 2. The van der Waals surface area contributed by atoms with Crippen LogP contribution in [0.5, 0.6) is 0 Å². The van der Waals surface area contributed by atoms with Gasteiger partial charge in [-0.05, 0) is 44.5 Å². The summed E-state index contributed by atoms with van der Waals surface area (Å²) in [6.45, 7) is 6.75. The molecule has 4 rings (SSSR count). The molecule has 21 heavy (non-hydrogen) atoms. The summed E-state index contributed by atoms with van der Waals surface area (Å²) in [5.41, 5.74) is 9.31. The van der Waals surface area contributed by atoms with Crippen molar-refractivity contribution in [3.63, 3.8) is 0 Å². The summed E-state index contributed by atoms with van der Waals surface area (Å²) < 4.78 is 0. The largest absolute Gasteiger partial charge is 0.398 e. The van der Waals surface area contributed by atoms with Gasteiger partial charge in [-0.2, -0.15) is 0 Å². The molecule has 3 heterocycles. The van der Waals surface area contributed by atoms with Gasteiger partial charge in [0.25, 0.3) is 0 Å². The van der Waals surface area contributed by atoms with Gasteiger partial charge in [0.1, 0.15) is 0 Å². The highest BCUT2D eigenvalue weighted by atomic mass is 15.3. The maximum atomic E-state index is 6.12. The Balaban J connectivity index is 1.76. The number of nitrogens with zero attached hydrogens (tertiary/aromatic N) is 3. The average Bonchev–Trinajstić information content (AvgIpc) is 2.95. The topological polar surface area (TPSA) is 45.4 Å². The molecule has 2 N–H and O–H groups in total. The number of pyridine rings is 1. The van der Waals surface area contributed by atoms with Crippen LogP contribution in [0, 0.1) is 6.92 Å². The first-order chi connectivity index (χ1) is 10.2. The van der Waals surface area contributed by atoms with E-state index in [1.54, 1.807) is 0 Å². The predicted molar refractivity (Wildman–Crippen MR) is 87.7 cm³/mol. The first-order valence-electron chi connectivity index (χ1n) is 7.86. The smallest absolute Gasteiger partial charge is 0.0449 e. The van der Waals surface area contributed by atoms with Crippen molar-refractivity contribution in [3.8, 4) is 0 Å². The van der Waals surface area contributed by atoms with Crippen LogP contribution < -0.4 is 10.6 Å². The Hall–Kier alpha value is -1.81. The molecule has 2 fully saturated rings. The Kier molecular flexibility index (Phi) is 3.00. The third kappa shape index (κ3) is 2.14. The molecule has 2 aromatic rings. The molecule has 2 aliphatic heterocycles. The molecule has 2 saturated heterocycles. The number of piperazine rings is 1. The van der Waals surface area contributed by atoms with Crippen molar-refractivity contribution < 1.29 is 0 Å². The monoisotopic (exact) mass is 282 g/mol. The highest BCUT2D eigenvalue weighted by molar-refractivity contribution is 6.01. The molecule has 0 saturated carbocycles. The number of aryl methyl sites for hydroxylation is 1. The van der Waals surface area contributed by atoms with Crippen LogP contribution in [-0.4, -0.2) is 42.1 Å². The maximum absolute atomic E-state index is 6.12. The number of hydrogen-bond donors (Lipinski definition) is 1. The maximum Gasteiger partial charge on any atom is 0.0449 e. The number of nitrogens with two attached hydrogens (primary N) is 1. The Labute approximate surface area is 125 Å². The van der Waals surface area contributed by atoms with Crippen molar-refractivity contribution in [2.75, 3.05) is 36.8 Å². The number of aromatic nitrogens is 1. The van der Waals surface area contributed by atoms with Crippen LogP contribution in [0.2, 0.25) is 0 Å². The Morgan fingerprint density at radius 1 is 1.19 bits per heavy atom. The van der Waals surface area contributed by atoms with Gasteiger partial charge in [0.2, 0.25) is 0 Å². The van der Waals surface area contributed by atoms with Crippen molar-refractivity contribution in [3.05, 3.63) is 30.1 Å². The number of rotatable bonds is 1. The van der Waals surface area contributed by atoms with E-state index < -0.39 is 0 Å². The van der Waals surface area contributed by atoms with Gasteiger partial charge in [-0.1, -0.05) is 0 Å². The van der Waals surface area contributed by atoms with Crippen LogP contribution in [-0.2, 0) is 0 Å². The van der Waals surface area contributed by atoms with Gasteiger partial charge in [0, 0.05) is 59.7 Å². The standard InChI is InChI=1S/C17H22N4/c1-12-9-14-15(10-19-12)16(18)4-5-17(14)21-8-7-20-6-2-3-13(20)11-21/h4-5,9-10,13H,2-3,6-8,11,18H2,1H3. The first kappa shape index (κ1) is 12.9. The van der Waals surface area contributed by atoms with Gasteiger partial charge in [-0.25, -0.2) is 0 Å². The molecule has 1 aromatic carbocycles. The number of benzene rings is 1. The van der Waals surface area contributed by atoms with Crippen LogP contribution in [0.15, 0.2) is 24.4 Å². The summed E-state index contributed by atoms with van der Waals surface area (Å²) in [5, 5.41) is 2.32. The molecule has 0 aliphatic carbocycles. The lowest BCUT2D eigenvalue weighted by atomic mass is 10.1. The van der Waals surface area contributed by atoms with E-state index in [1.165, 1.54) is 37.0 Å². The zero-order valence-corrected chi connectivity index (χ0v) is 12.5. The molecular weight excluding hydrogens is 260 g/mol. The molecule has 2 aliphatic rings. The van der Waals surface area contributed by atoms with Crippen molar-refractivity contribution in [2.45, 2.75) is 25.8 Å². The molecule has 4 nitrogen and oxygen atoms in total. The second-order valence-electron chi connectivity index (χ2n) is 6.32. The van der Waals surface area contributed by atoms with Crippen molar-refractivity contribution >= 4 is 22.1 Å². The molecule has 0 bridgehead atoms. The third-order valence-electron chi connectivity index (χ3n) is 4.98. The molecule has 1 aromatic heterocycles. The third-order valence-corrected chi connectivity index (χ3v) is 4.98. The summed E-state index contributed by atoms with van der Waals surface area (Å²) >= 11 is 0. The second-order valence-corrected chi connectivity index (χ2v) is 6.32. The highest BCUT2D eigenvalue weighted by Crippen LogP contribution is 2.33. The van der Waals surface area contributed by atoms with Gasteiger partial charge in [0.05, 0.1) is 0 Å². The molecule has 0 radical (unpaired) electrons. The van der Waals surface area contributed by atoms with E-state index in [9.17, 15) is 0 Å². The fraction of sp³-hybridized carbons (Fsp3) is 0.471. The summed E-state index contributed by atoms with van der Waals surface area (Å²) in [5.74, 6) is 0. The van der Waals surface area contributed by atoms with Gasteiger partial charge >= 0.3 is 0 Å². The van der Waals surface area contributed by atoms with E-state index in [1.807, 2.05) is 19.2 Å². The predicted octanol–water partition coefficient (Wildman–Crippen LogP) is 2.41. The second kappa shape index (κ2) is 4.88. The molecule has 0 amide bonds. The van der Waals surface area contributed by atoms with Crippen molar-refractivity contribution in [2.24, 2.45) is 0 Å². The van der Waals surface area contributed by atoms with E-state index in [4.69, 9.17) is 5.73 Å². The normalized spacial score (nSPS) is 22.7. The molecule has 1 atom stereocenters. The van der Waals surface area contributed by atoms with E-state index in [-0.39, 0.29) is 0 Å². The van der Waals surface area contributed by atoms with Crippen LogP contribution >= 0.6 is 0 Å². The Bertz CT molecular complexity index is 682. The average molecular weight is 282 g/mol. The minimum atomic E-state index is 0.731. The van der Waals surface area contributed by atoms with E-state index >= 15 is 0 Å². The van der Waals surface area contributed by atoms with E-state index in [0.29, 0.717) is 0 Å². The molecule has 1 unspecified atom stereocenters.